The standard InChI is InChI=1S/C15H22FNO2S/c1-4-5-6-13(15(18)19)17-10(2)11-7-8-14(20-3)12(16)9-11/h7-10,13,17H,4-6H2,1-3H3,(H,18,19)/t10?,13-/m0/s1. The van der Waals surface area contributed by atoms with Gasteiger partial charge in [0.2, 0.25) is 0 Å². The molecule has 0 aromatic heterocycles. The fraction of sp³-hybridized carbons (Fsp3) is 0.533. The number of unbranched alkanes of at least 4 members (excludes halogenated alkanes) is 1. The molecule has 0 bridgehead atoms. The highest BCUT2D eigenvalue weighted by atomic mass is 32.2. The lowest BCUT2D eigenvalue weighted by molar-refractivity contribution is -0.139. The fourth-order valence-corrected chi connectivity index (χ4v) is 2.49. The minimum absolute atomic E-state index is 0.196. The molecule has 2 atom stereocenters. The third kappa shape index (κ3) is 4.80. The Bertz CT molecular complexity index is 453. The van der Waals surface area contributed by atoms with Gasteiger partial charge in [0.05, 0.1) is 0 Å². The monoisotopic (exact) mass is 299 g/mol. The van der Waals surface area contributed by atoms with Crippen molar-refractivity contribution in [3.05, 3.63) is 29.6 Å². The Hall–Kier alpha value is -1.07. The largest absolute Gasteiger partial charge is 0.480 e. The number of nitrogens with one attached hydrogen (secondary N) is 1. The Morgan fingerprint density at radius 3 is 2.70 bits per heavy atom. The van der Waals surface area contributed by atoms with E-state index in [1.807, 2.05) is 26.2 Å². The third-order valence-electron chi connectivity index (χ3n) is 3.27. The second kappa shape index (κ2) is 8.27. The molecule has 0 amide bonds. The van der Waals surface area contributed by atoms with Gasteiger partial charge >= 0.3 is 5.97 Å². The summed E-state index contributed by atoms with van der Waals surface area (Å²) in [6.07, 6.45) is 4.22. The number of halogens is 1. The van der Waals surface area contributed by atoms with Crippen LogP contribution in [0.4, 0.5) is 4.39 Å². The summed E-state index contributed by atoms with van der Waals surface area (Å²) in [5, 5.41) is 12.3. The van der Waals surface area contributed by atoms with Crippen LogP contribution in [0.1, 0.15) is 44.7 Å². The maximum Gasteiger partial charge on any atom is 0.320 e. The zero-order valence-electron chi connectivity index (χ0n) is 12.1. The van der Waals surface area contributed by atoms with Gasteiger partial charge in [0, 0.05) is 10.9 Å². The molecule has 0 saturated carbocycles. The molecule has 3 nitrogen and oxygen atoms in total. The van der Waals surface area contributed by atoms with Crippen LogP contribution in [-0.2, 0) is 4.79 Å². The van der Waals surface area contributed by atoms with Gasteiger partial charge in [-0.3, -0.25) is 10.1 Å². The molecule has 0 heterocycles. The summed E-state index contributed by atoms with van der Waals surface area (Å²) in [7, 11) is 0. The number of thioether (sulfide) groups is 1. The SMILES string of the molecule is CCCC[C@H](NC(C)c1ccc(SC)c(F)c1)C(=O)O. The van der Waals surface area contributed by atoms with Gasteiger partial charge in [0.25, 0.3) is 0 Å². The van der Waals surface area contributed by atoms with Crippen molar-refractivity contribution in [2.45, 2.75) is 50.1 Å². The van der Waals surface area contributed by atoms with Crippen molar-refractivity contribution in [2.24, 2.45) is 0 Å². The van der Waals surface area contributed by atoms with E-state index in [1.54, 1.807) is 6.07 Å². The average molecular weight is 299 g/mol. The maximum absolute atomic E-state index is 13.7. The Kier molecular flexibility index (Phi) is 7.02. The molecule has 1 unspecified atom stereocenters. The first-order valence-electron chi connectivity index (χ1n) is 6.81. The van der Waals surface area contributed by atoms with Gasteiger partial charge in [0.1, 0.15) is 11.9 Å². The maximum atomic E-state index is 13.7. The van der Waals surface area contributed by atoms with Gasteiger partial charge in [-0.2, -0.15) is 0 Å². The highest BCUT2D eigenvalue weighted by molar-refractivity contribution is 7.98. The first-order valence-corrected chi connectivity index (χ1v) is 8.04. The summed E-state index contributed by atoms with van der Waals surface area (Å²) in [6, 6.07) is 4.26. The molecule has 112 valence electrons. The van der Waals surface area contributed by atoms with Crippen LogP contribution in [0.25, 0.3) is 0 Å². The molecule has 1 aromatic rings. The van der Waals surface area contributed by atoms with Gasteiger partial charge in [-0.25, -0.2) is 4.39 Å². The number of hydrogen-bond donors (Lipinski definition) is 2. The first kappa shape index (κ1) is 17.0. The number of aliphatic carboxylic acids is 1. The van der Waals surface area contributed by atoms with Crippen molar-refractivity contribution in [3.8, 4) is 0 Å². The number of carboxylic acids is 1. The van der Waals surface area contributed by atoms with Crippen molar-refractivity contribution in [1.82, 2.24) is 5.32 Å². The van der Waals surface area contributed by atoms with Gasteiger partial charge in [-0.1, -0.05) is 25.8 Å². The molecule has 0 aliphatic heterocycles. The van der Waals surface area contributed by atoms with Crippen LogP contribution in [0.5, 0.6) is 0 Å². The highest BCUT2D eigenvalue weighted by Gasteiger charge is 2.20. The summed E-state index contributed by atoms with van der Waals surface area (Å²) < 4.78 is 13.7. The van der Waals surface area contributed by atoms with Crippen molar-refractivity contribution in [2.75, 3.05) is 6.26 Å². The van der Waals surface area contributed by atoms with Crippen LogP contribution in [-0.4, -0.2) is 23.4 Å². The first-order chi connectivity index (χ1) is 9.49. The Balaban J connectivity index is 2.75. The van der Waals surface area contributed by atoms with Crippen molar-refractivity contribution in [1.29, 1.82) is 0 Å². The van der Waals surface area contributed by atoms with Crippen LogP contribution in [0.2, 0.25) is 0 Å². The summed E-state index contributed by atoms with van der Waals surface area (Å²) in [6.45, 7) is 3.88. The van der Waals surface area contributed by atoms with E-state index in [2.05, 4.69) is 5.32 Å². The lowest BCUT2D eigenvalue weighted by atomic mass is 10.0. The van der Waals surface area contributed by atoms with E-state index in [-0.39, 0.29) is 11.9 Å². The van der Waals surface area contributed by atoms with Crippen LogP contribution >= 0.6 is 11.8 Å². The summed E-state index contributed by atoms with van der Waals surface area (Å²) >= 11 is 1.36. The third-order valence-corrected chi connectivity index (χ3v) is 4.04. The zero-order valence-corrected chi connectivity index (χ0v) is 13.0. The fourth-order valence-electron chi connectivity index (χ4n) is 2.04. The molecule has 0 radical (unpaired) electrons. The molecule has 1 rings (SSSR count). The number of carboxylic acid groups (broad SMARTS) is 1. The van der Waals surface area contributed by atoms with Crippen LogP contribution in [0.15, 0.2) is 23.1 Å². The van der Waals surface area contributed by atoms with Gasteiger partial charge < -0.3 is 5.11 Å². The molecule has 5 heteroatoms. The Labute approximate surface area is 124 Å². The second-order valence-corrected chi connectivity index (χ2v) is 5.66. The van der Waals surface area contributed by atoms with Gasteiger partial charge in [-0.05, 0) is 37.3 Å². The molecular formula is C15H22FNO2S. The molecule has 1 aromatic carbocycles. The van der Waals surface area contributed by atoms with Crippen molar-refractivity contribution in [3.63, 3.8) is 0 Å². The number of benzene rings is 1. The normalized spacial score (nSPS) is 14.0. The van der Waals surface area contributed by atoms with E-state index in [0.29, 0.717) is 11.3 Å². The quantitative estimate of drug-likeness (QED) is 0.716. The predicted octanol–water partition coefficient (Wildman–Crippen LogP) is 3.84. The number of rotatable bonds is 8. The zero-order chi connectivity index (χ0) is 15.1. The smallest absolute Gasteiger partial charge is 0.320 e. The molecule has 20 heavy (non-hydrogen) atoms. The van der Waals surface area contributed by atoms with E-state index >= 15 is 0 Å². The van der Waals surface area contributed by atoms with Crippen molar-refractivity contribution < 1.29 is 14.3 Å². The second-order valence-electron chi connectivity index (χ2n) is 4.82. The average Bonchev–Trinajstić information content (AvgIpc) is 2.42. The summed E-state index contributed by atoms with van der Waals surface area (Å²) in [5.41, 5.74) is 0.767. The molecule has 0 spiro atoms. The summed E-state index contributed by atoms with van der Waals surface area (Å²) in [4.78, 5) is 11.8. The molecule has 0 aliphatic rings. The lowest BCUT2D eigenvalue weighted by Crippen LogP contribution is -2.38. The van der Waals surface area contributed by atoms with Crippen LogP contribution < -0.4 is 5.32 Å². The molecule has 0 aliphatic carbocycles. The minimum Gasteiger partial charge on any atom is -0.480 e. The molecule has 2 N–H and O–H groups in total. The molecular weight excluding hydrogens is 277 g/mol. The number of hydrogen-bond acceptors (Lipinski definition) is 3. The van der Waals surface area contributed by atoms with E-state index in [1.165, 1.54) is 17.8 Å². The summed E-state index contributed by atoms with van der Waals surface area (Å²) in [5.74, 6) is -1.12. The molecule has 0 fully saturated rings. The van der Waals surface area contributed by atoms with E-state index < -0.39 is 12.0 Å². The minimum atomic E-state index is -0.855. The Morgan fingerprint density at radius 1 is 1.50 bits per heavy atom. The van der Waals surface area contributed by atoms with Gasteiger partial charge in [-0.15, -0.1) is 11.8 Å². The number of carbonyl (C=O) groups is 1. The topological polar surface area (TPSA) is 49.3 Å². The van der Waals surface area contributed by atoms with Crippen molar-refractivity contribution >= 4 is 17.7 Å². The highest BCUT2D eigenvalue weighted by Crippen LogP contribution is 2.23. The van der Waals surface area contributed by atoms with E-state index in [0.717, 1.165) is 18.4 Å². The van der Waals surface area contributed by atoms with Crippen LogP contribution in [0, 0.1) is 5.82 Å². The molecule has 0 saturated heterocycles. The predicted molar refractivity (Wildman–Crippen MR) is 80.7 cm³/mol. The lowest BCUT2D eigenvalue weighted by Gasteiger charge is -2.20. The van der Waals surface area contributed by atoms with Gasteiger partial charge in [0.15, 0.2) is 0 Å². The van der Waals surface area contributed by atoms with E-state index in [4.69, 9.17) is 0 Å². The van der Waals surface area contributed by atoms with E-state index in [9.17, 15) is 14.3 Å². The Morgan fingerprint density at radius 2 is 2.20 bits per heavy atom. The van der Waals surface area contributed by atoms with Crippen LogP contribution in [0.3, 0.4) is 0 Å².